The molecule has 0 aliphatic heterocycles. The van der Waals surface area contributed by atoms with E-state index in [-0.39, 0.29) is 12.0 Å². The maximum atomic E-state index is 9.69. The lowest BCUT2D eigenvalue weighted by Crippen LogP contribution is -2.16. The molecule has 1 heteroatoms. The van der Waals surface area contributed by atoms with Crippen molar-refractivity contribution in [2.75, 3.05) is 6.61 Å². The summed E-state index contributed by atoms with van der Waals surface area (Å²) in [4.78, 5) is 0. The van der Waals surface area contributed by atoms with Crippen LogP contribution >= 0.6 is 0 Å². The molecule has 3 rings (SSSR count). The lowest BCUT2D eigenvalue weighted by Gasteiger charge is -2.16. The largest absolute Gasteiger partial charge is 0.395 e. The Morgan fingerprint density at radius 2 is 1.41 bits per heavy atom. The summed E-state index contributed by atoms with van der Waals surface area (Å²) >= 11 is 0. The summed E-state index contributed by atoms with van der Waals surface area (Å²) in [5.41, 5.74) is 3.35. The molecular weight excluding hydrogens is 208 g/mol. The van der Waals surface area contributed by atoms with Gasteiger partial charge in [-0.1, -0.05) is 66.7 Å². The Kier molecular flexibility index (Phi) is 2.34. The number of aliphatic hydroxyl groups excluding tert-OH is 1. The van der Waals surface area contributed by atoms with Crippen LogP contribution in [0.1, 0.15) is 11.1 Å². The van der Waals surface area contributed by atoms with Crippen molar-refractivity contribution in [2.45, 2.75) is 5.41 Å². The Morgan fingerprint density at radius 1 is 0.824 bits per heavy atom. The summed E-state index contributed by atoms with van der Waals surface area (Å²) in [6, 6.07) is 20.4. The fourth-order valence-corrected chi connectivity index (χ4v) is 2.37. The van der Waals surface area contributed by atoms with Crippen molar-refractivity contribution in [3.63, 3.8) is 0 Å². The Hall–Kier alpha value is -1.86. The fraction of sp³-hybridized carbons (Fsp3) is 0.125. The third-order valence-corrected chi connectivity index (χ3v) is 3.41. The third kappa shape index (κ3) is 1.60. The maximum Gasteiger partial charge on any atom is 0.0622 e. The van der Waals surface area contributed by atoms with Crippen LogP contribution in [0.3, 0.4) is 0 Å². The summed E-state index contributed by atoms with van der Waals surface area (Å²) in [5, 5.41) is 9.69. The number of aliphatic hydroxyl groups is 1. The summed E-state index contributed by atoms with van der Waals surface area (Å²) in [6.45, 7) is 0.140. The van der Waals surface area contributed by atoms with Crippen molar-refractivity contribution in [3.8, 4) is 0 Å². The highest BCUT2D eigenvalue weighted by atomic mass is 16.3. The van der Waals surface area contributed by atoms with Crippen LogP contribution in [0, 0.1) is 0 Å². The quantitative estimate of drug-likeness (QED) is 0.846. The van der Waals surface area contributed by atoms with E-state index in [1.165, 1.54) is 16.7 Å². The van der Waals surface area contributed by atoms with Gasteiger partial charge in [0, 0.05) is 0 Å². The molecule has 0 amide bonds. The molecule has 1 atom stereocenters. The number of hydrogen-bond donors (Lipinski definition) is 1. The zero-order valence-corrected chi connectivity index (χ0v) is 9.51. The van der Waals surface area contributed by atoms with Crippen LogP contribution in [-0.2, 0) is 5.41 Å². The smallest absolute Gasteiger partial charge is 0.0622 e. The van der Waals surface area contributed by atoms with Crippen LogP contribution in [0.25, 0.3) is 5.57 Å². The van der Waals surface area contributed by atoms with Crippen LogP contribution in [0.5, 0.6) is 0 Å². The lowest BCUT2D eigenvalue weighted by atomic mass is 9.89. The molecule has 1 nitrogen and oxygen atoms in total. The minimum Gasteiger partial charge on any atom is -0.395 e. The molecule has 1 N–H and O–H groups in total. The van der Waals surface area contributed by atoms with Crippen LogP contribution in [0.2, 0.25) is 0 Å². The van der Waals surface area contributed by atoms with Gasteiger partial charge in [-0.15, -0.1) is 0 Å². The molecule has 0 saturated heterocycles. The summed E-state index contributed by atoms with van der Waals surface area (Å²) in [7, 11) is 0. The first-order chi connectivity index (χ1) is 8.37. The third-order valence-electron chi connectivity index (χ3n) is 3.41. The molecule has 0 spiro atoms. The lowest BCUT2D eigenvalue weighted by molar-refractivity contribution is 0.269. The molecule has 84 valence electrons. The van der Waals surface area contributed by atoms with Gasteiger partial charge in [0.05, 0.1) is 12.0 Å². The van der Waals surface area contributed by atoms with Gasteiger partial charge >= 0.3 is 0 Å². The molecule has 0 heterocycles. The molecular formula is C16H14O. The standard InChI is InChI=1S/C16H14O/c17-12-16(14-9-5-2-6-10-14)11-15(16)13-7-3-1-4-8-13/h1-11,17H,12H2/t16-/m1/s1. The van der Waals surface area contributed by atoms with E-state index in [1.54, 1.807) is 0 Å². The molecule has 0 aromatic heterocycles. The Labute approximate surface area is 101 Å². The van der Waals surface area contributed by atoms with Crippen molar-refractivity contribution in [3.05, 3.63) is 77.9 Å². The summed E-state index contributed by atoms with van der Waals surface area (Å²) < 4.78 is 0. The van der Waals surface area contributed by atoms with E-state index in [9.17, 15) is 5.11 Å². The predicted molar refractivity (Wildman–Crippen MR) is 69.6 cm³/mol. The highest BCUT2D eigenvalue weighted by Gasteiger charge is 2.45. The van der Waals surface area contributed by atoms with Gasteiger partial charge in [-0.3, -0.25) is 0 Å². The van der Waals surface area contributed by atoms with Gasteiger partial charge in [-0.2, -0.15) is 0 Å². The first kappa shape index (κ1) is 10.3. The van der Waals surface area contributed by atoms with Gasteiger partial charge in [0.2, 0.25) is 0 Å². The zero-order chi connectivity index (χ0) is 11.7. The van der Waals surface area contributed by atoms with Crippen molar-refractivity contribution < 1.29 is 5.11 Å². The van der Waals surface area contributed by atoms with E-state index in [1.807, 2.05) is 36.4 Å². The van der Waals surface area contributed by atoms with Gasteiger partial charge in [0.25, 0.3) is 0 Å². The van der Waals surface area contributed by atoms with E-state index in [0.717, 1.165) is 0 Å². The van der Waals surface area contributed by atoms with Crippen molar-refractivity contribution >= 4 is 5.57 Å². The highest BCUT2D eigenvalue weighted by molar-refractivity contribution is 5.91. The van der Waals surface area contributed by atoms with E-state index in [4.69, 9.17) is 0 Å². The molecule has 1 aliphatic carbocycles. The Balaban J connectivity index is 1.96. The minimum absolute atomic E-state index is 0.140. The number of hydrogen-bond acceptors (Lipinski definition) is 1. The normalized spacial score (nSPS) is 22.1. The molecule has 0 fully saturated rings. The van der Waals surface area contributed by atoms with Crippen LogP contribution in [-0.4, -0.2) is 11.7 Å². The van der Waals surface area contributed by atoms with Crippen molar-refractivity contribution in [2.24, 2.45) is 0 Å². The van der Waals surface area contributed by atoms with Gasteiger partial charge in [-0.25, -0.2) is 0 Å². The van der Waals surface area contributed by atoms with Crippen LogP contribution in [0.15, 0.2) is 66.7 Å². The average Bonchev–Trinajstić information content (AvgIpc) is 3.17. The Bertz CT molecular complexity index is 542. The fourth-order valence-electron chi connectivity index (χ4n) is 2.37. The topological polar surface area (TPSA) is 20.2 Å². The maximum absolute atomic E-state index is 9.69. The van der Waals surface area contributed by atoms with E-state index in [2.05, 4.69) is 30.3 Å². The number of benzene rings is 2. The van der Waals surface area contributed by atoms with Crippen molar-refractivity contribution in [1.29, 1.82) is 0 Å². The van der Waals surface area contributed by atoms with Crippen LogP contribution in [0.4, 0.5) is 0 Å². The molecule has 2 aromatic rings. The molecule has 0 radical (unpaired) electrons. The molecule has 2 aromatic carbocycles. The second kappa shape index (κ2) is 3.86. The van der Waals surface area contributed by atoms with Gasteiger partial charge < -0.3 is 5.11 Å². The van der Waals surface area contributed by atoms with Gasteiger partial charge in [-0.05, 0) is 16.7 Å². The van der Waals surface area contributed by atoms with Gasteiger partial charge in [0.15, 0.2) is 0 Å². The molecule has 17 heavy (non-hydrogen) atoms. The summed E-state index contributed by atoms with van der Waals surface area (Å²) in [6.07, 6.45) is 2.15. The van der Waals surface area contributed by atoms with E-state index >= 15 is 0 Å². The molecule has 1 aliphatic rings. The highest BCUT2D eigenvalue weighted by Crippen LogP contribution is 2.52. The zero-order valence-electron chi connectivity index (χ0n) is 9.51. The molecule has 0 unspecified atom stereocenters. The van der Waals surface area contributed by atoms with Gasteiger partial charge in [0.1, 0.15) is 0 Å². The number of rotatable bonds is 3. The second-order valence-electron chi connectivity index (χ2n) is 4.42. The second-order valence-corrected chi connectivity index (χ2v) is 4.42. The minimum atomic E-state index is -0.247. The first-order valence-corrected chi connectivity index (χ1v) is 5.82. The molecule has 0 bridgehead atoms. The monoisotopic (exact) mass is 222 g/mol. The first-order valence-electron chi connectivity index (χ1n) is 5.82. The Morgan fingerprint density at radius 3 is 2.00 bits per heavy atom. The average molecular weight is 222 g/mol. The molecule has 0 saturated carbocycles. The van der Waals surface area contributed by atoms with Crippen molar-refractivity contribution in [1.82, 2.24) is 0 Å². The SMILES string of the molecule is OC[C@@]1(c2ccccc2)C=C1c1ccccc1. The van der Waals surface area contributed by atoms with E-state index < -0.39 is 0 Å². The summed E-state index contributed by atoms with van der Waals surface area (Å²) in [5.74, 6) is 0. The predicted octanol–water partition coefficient (Wildman–Crippen LogP) is 3.01. The van der Waals surface area contributed by atoms with Crippen LogP contribution < -0.4 is 0 Å². The van der Waals surface area contributed by atoms with E-state index in [0.29, 0.717) is 0 Å².